The topological polar surface area (TPSA) is 50.1 Å². The second-order valence-electron chi connectivity index (χ2n) is 5.26. The lowest BCUT2D eigenvalue weighted by molar-refractivity contribution is 0.251. The summed E-state index contributed by atoms with van der Waals surface area (Å²) >= 11 is 0. The molecule has 0 saturated heterocycles. The standard InChI is InChI=1S/C16H23N3O/c1-12(11-20)17-9-16-13(2)18-19(14(16)3)10-15-7-5-4-6-8-15/h4-8,12,17,20H,9-11H2,1-3H3. The third kappa shape index (κ3) is 3.46. The Balaban J connectivity index is 2.12. The summed E-state index contributed by atoms with van der Waals surface area (Å²) in [6.45, 7) is 7.80. The van der Waals surface area contributed by atoms with E-state index in [4.69, 9.17) is 5.11 Å². The van der Waals surface area contributed by atoms with Gasteiger partial charge in [0.1, 0.15) is 0 Å². The van der Waals surface area contributed by atoms with Crippen LogP contribution in [0, 0.1) is 13.8 Å². The van der Waals surface area contributed by atoms with E-state index >= 15 is 0 Å². The van der Waals surface area contributed by atoms with Crippen molar-refractivity contribution in [2.45, 2.75) is 39.9 Å². The molecule has 2 aromatic rings. The zero-order chi connectivity index (χ0) is 14.5. The van der Waals surface area contributed by atoms with E-state index in [9.17, 15) is 0 Å². The van der Waals surface area contributed by atoms with Crippen LogP contribution in [0.1, 0.15) is 29.4 Å². The molecule has 0 amide bonds. The van der Waals surface area contributed by atoms with E-state index in [1.54, 1.807) is 0 Å². The van der Waals surface area contributed by atoms with Gasteiger partial charge < -0.3 is 10.4 Å². The van der Waals surface area contributed by atoms with Crippen molar-refractivity contribution in [3.63, 3.8) is 0 Å². The molecule has 0 radical (unpaired) electrons. The maximum absolute atomic E-state index is 9.07. The van der Waals surface area contributed by atoms with Gasteiger partial charge in [-0.2, -0.15) is 5.10 Å². The van der Waals surface area contributed by atoms with Gasteiger partial charge in [0.05, 0.1) is 18.8 Å². The van der Waals surface area contributed by atoms with Gasteiger partial charge >= 0.3 is 0 Å². The molecule has 1 heterocycles. The Morgan fingerprint density at radius 2 is 1.95 bits per heavy atom. The second kappa shape index (κ2) is 6.68. The zero-order valence-corrected chi connectivity index (χ0v) is 12.4. The van der Waals surface area contributed by atoms with E-state index in [1.807, 2.05) is 36.7 Å². The van der Waals surface area contributed by atoms with Crippen LogP contribution in [0.5, 0.6) is 0 Å². The quantitative estimate of drug-likeness (QED) is 0.846. The molecule has 1 aromatic carbocycles. The highest BCUT2D eigenvalue weighted by Gasteiger charge is 2.12. The number of nitrogens with zero attached hydrogens (tertiary/aromatic N) is 2. The number of rotatable bonds is 6. The number of aryl methyl sites for hydroxylation is 1. The highest BCUT2D eigenvalue weighted by Crippen LogP contribution is 2.14. The van der Waals surface area contributed by atoms with Crippen LogP contribution in [0.2, 0.25) is 0 Å². The highest BCUT2D eigenvalue weighted by molar-refractivity contribution is 5.26. The Kier molecular flexibility index (Phi) is 4.93. The average molecular weight is 273 g/mol. The molecule has 20 heavy (non-hydrogen) atoms. The Labute approximate surface area is 120 Å². The van der Waals surface area contributed by atoms with Crippen LogP contribution >= 0.6 is 0 Å². The van der Waals surface area contributed by atoms with E-state index in [0.717, 1.165) is 18.8 Å². The van der Waals surface area contributed by atoms with Crippen molar-refractivity contribution in [1.82, 2.24) is 15.1 Å². The molecule has 1 atom stereocenters. The monoisotopic (exact) mass is 273 g/mol. The molecule has 2 N–H and O–H groups in total. The summed E-state index contributed by atoms with van der Waals surface area (Å²) in [7, 11) is 0. The number of aliphatic hydroxyl groups excluding tert-OH is 1. The third-order valence-corrected chi connectivity index (χ3v) is 3.61. The van der Waals surface area contributed by atoms with Gasteiger partial charge in [-0.1, -0.05) is 30.3 Å². The molecule has 0 saturated carbocycles. The normalized spacial score (nSPS) is 12.6. The minimum absolute atomic E-state index is 0.103. The van der Waals surface area contributed by atoms with Crippen molar-refractivity contribution < 1.29 is 5.11 Å². The molecule has 0 bridgehead atoms. The largest absolute Gasteiger partial charge is 0.395 e. The van der Waals surface area contributed by atoms with Crippen molar-refractivity contribution in [1.29, 1.82) is 0 Å². The SMILES string of the molecule is Cc1nn(Cc2ccccc2)c(C)c1CNC(C)CO. The minimum atomic E-state index is 0.103. The molecule has 4 nitrogen and oxygen atoms in total. The number of benzene rings is 1. The van der Waals surface area contributed by atoms with Crippen molar-refractivity contribution in [2.75, 3.05) is 6.61 Å². The molecule has 108 valence electrons. The maximum Gasteiger partial charge on any atom is 0.0662 e. The summed E-state index contributed by atoms with van der Waals surface area (Å²) in [6.07, 6.45) is 0. The van der Waals surface area contributed by atoms with Crippen LogP contribution in [-0.2, 0) is 13.1 Å². The fraction of sp³-hybridized carbons (Fsp3) is 0.438. The lowest BCUT2D eigenvalue weighted by Crippen LogP contribution is -2.29. The highest BCUT2D eigenvalue weighted by atomic mass is 16.3. The van der Waals surface area contributed by atoms with Gasteiger partial charge in [-0.3, -0.25) is 4.68 Å². The van der Waals surface area contributed by atoms with Gasteiger partial charge in [0, 0.05) is 23.8 Å². The van der Waals surface area contributed by atoms with E-state index < -0.39 is 0 Å². The zero-order valence-electron chi connectivity index (χ0n) is 12.4. The van der Waals surface area contributed by atoms with E-state index in [0.29, 0.717) is 0 Å². The van der Waals surface area contributed by atoms with E-state index in [1.165, 1.54) is 16.8 Å². The molecule has 0 aliphatic rings. The maximum atomic E-state index is 9.07. The second-order valence-corrected chi connectivity index (χ2v) is 5.26. The van der Waals surface area contributed by atoms with Crippen molar-refractivity contribution >= 4 is 0 Å². The summed E-state index contributed by atoms with van der Waals surface area (Å²) in [6, 6.07) is 10.4. The molecule has 4 heteroatoms. The lowest BCUT2D eigenvalue weighted by Gasteiger charge is -2.11. The van der Waals surface area contributed by atoms with Gasteiger partial charge in [-0.05, 0) is 26.3 Å². The molecule has 0 aliphatic heterocycles. The molecule has 0 aliphatic carbocycles. The summed E-state index contributed by atoms with van der Waals surface area (Å²) in [5.74, 6) is 0. The van der Waals surface area contributed by atoms with E-state index in [2.05, 4.69) is 29.5 Å². The van der Waals surface area contributed by atoms with Crippen molar-refractivity contribution in [2.24, 2.45) is 0 Å². The number of aliphatic hydroxyl groups is 1. The van der Waals surface area contributed by atoms with Gasteiger partial charge in [0.25, 0.3) is 0 Å². The van der Waals surface area contributed by atoms with Crippen LogP contribution in [0.3, 0.4) is 0 Å². The van der Waals surface area contributed by atoms with Crippen LogP contribution in [0.4, 0.5) is 0 Å². The van der Waals surface area contributed by atoms with Gasteiger partial charge in [0.2, 0.25) is 0 Å². The summed E-state index contributed by atoms with van der Waals surface area (Å²) in [4.78, 5) is 0. The van der Waals surface area contributed by atoms with Crippen LogP contribution in [0.25, 0.3) is 0 Å². The van der Waals surface area contributed by atoms with Crippen LogP contribution in [-0.4, -0.2) is 27.5 Å². The molecule has 1 aromatic heterocycles. The lowest BCUT2D eigenvalue weighted by atomic mass is 10.2. The molecule has 2 rings (SSSR count). The summed E-state index contributed by atoms with van der Waals surface area (Å²) in [5, 5.41) is 17.0. The smallest absolute Gasteiger partial charge is 0.0662 e. The number of nitrogens with one attached hydrogen (secondary N) is 1. The van der Waals surface area contributed by atoms with E-state index in [-0.39, 0.29) is 12.6 Å². The Bertz CT molecular complexity index is 548. The number of aromatic nitrogens is 2. The first kappa shape index (κ1) is 14.8. The molecular weight excluding hydrogens is 250 g/mol. The van der Waals surface area contributed by atoms with Crippen LogP contribution < -0.4 is 5.32 Å². The van der Waals surface area contributed by atoms with Crippen molar-refractivity contribution in [3.8, 4) is 0 Å². The first-order chi connectivity index (χ1) is 9.61. The number of hydrogen-bond donors (Lipinski definition) is 2. The Morgan fingerprint density at radius 3 is 2.60 bits per heavy atom. The Morgan fingerprint density at radius 1 is 1.25 bits per heavy atom. The Hall–Kier alpha value is -1.65. The fourth-order valence-corrected chi connectivity index (χ4v) is 2.24. The van der Waals surface area contributed by atoms with Gasteiger partial charge in [-0.25, -0.2) is 0 Å². The predicted octanol–water partition coefficient (Wildman–Crippen LogP) is 2.02. The third-order valence-electron chi connectivity index (χ3n) is 3.61. The summed E-state index contributed by atoms with van der Waals surface area (Å²) in [5.41, 5.74) is 4.71. The fourth-order valence-electron chi connectivity index (χ4n) is 2.24. The first-order valence-corrected chi connectivity index (χ1v) is 7.03. The first-order valence-electron chi connectivity index (χ1n) is 7.03. The van der Waals surface area contributed by atoms with Gasteiger partial charge in [-0.15, -0.1) is 0 Å². The predicted molar refractivity (Wildman–Crippen MR) is 80.6 cm³/mol. The van der Waals surface area contributed by atoms with Crippen molar-refractivity contribution in [3.05, 3.63) is 52.8 Å². The minimum Gasteiger partial charge on any atom is -0.395 e. The average Bonchev–Trinajstić information content (AvgIpc) is 2.72. The number of hydrogen-bond acceptors (Lipinski definition) is 3. The molecular formula is C16H23N3O. The molecule has 1 unspecified atom stereocenters. The van der Waals surface area contributed by atoms with Crippen LogP contribution in [0.15, 0.2) is 30.3 Å². The summed E-state index contributed by atoms with van der Waals surface area (Å²) < 4.78 is 2.05. The van der Waals surface area contributed by atoms with Gasteiger partial charge in [0.15, 0.2) is 0 Å². The molecule has 0 fully saturated rings. The molecule has 0 spiro atoms.